The second kappa shape index (κ2) is 7.11. The third-order valence-corrected chi connectivity index (χ3v) is 1.90. The third kappa shape index (κ3) is 5.04. The summed E-state index contributed by atoms with van der Waals surface area (Å²) in [6.07, 6.45) is -3.20. The Hall–Kier alpha value is -1.30. The first kappa shape index (κ1) is 15.7. The first-order chi connectivity index (χ1) is 7.81. The second-order valence-electron chi connectivity index (χ2n) is 3.78. The third-order valence-electron chi connectivity index (χ3n) is 1.90. The van der Waals surface area contributed by atoms with Crippen molar-refractivity contribution in [1.29, 1.82) is 0 Å². The van der Waals surface area contributed by atoms with Crippen LogP contribution in [-0.2, 0) is 14.3 Å². The molecular formula is C11H17F2NO3. The van der Waals surface area contributed by atoms with Gasteiger partial charge in [0.05, 0.1) is 6.61 Å². The number of hydrogen-bond donors (Lipinski definition) is 0. The molecular weight excluding hydrogens is 232 g/mol. The maximum Gasteiger partial charge on any atom is 0.341 e. The molecule has 17 heavy (non-hydrogen) atoms. The molecule has 6 heteroatoms. The molecule has 0 aromatic carbocycles. The van der Waals surface area contributed by atoms with Gasteiger partial charge in [-0.25, -0.2) is 13.6 Å². The van der Waals surface area contributed by atoms with Gasteiger partial charge in [0, 0.05) is 6.54 Å². The molecule has 0 aromatic rings. The molecule has 0 aliphatic heterocycles. The Morgan fingerprint density at radius 3 is 2.18 bits per heavy atom. The van der Waals surface area contributed by atoms with Gasteiger partial charge in [0.1, 0.15) is 5.57 Å². The number of ketones is 1. The monoisotopic (exact) mass is 249 g/mol. The predicted molar refractivity (Wildman–Crippen MR) is 58.9 cm³/mol. The highest BCUT2D eigenvalue weighted by atomic mass is 19.3. The Morgan fingerprint density at radius 2 is 1.82 bits per heavy atom. The zero-order valence-corrected chi connectivity index (χ0v) is 10.4. The maximum atomic E-state index is 12.4. The van der Waals surface area contributed by atoms with Crippen LogP contribution < -0.4 is 0 Å². The molecule has 0 amide bonds. The van der Waals surface area contributed by atoms with Gasteiger partial charge < -0.3 is 9.64 Å². The van der Waals surface area contributed by atoms with E-state index in [0.717, 1.165) is 0 Å². The number of carbonyl (C=O) groups excluding carboxylic acids is 2. The van der Waals surface area contributed by atoms with E-state index in [2.05, 4.69) is 4.74 Å². The number of nitrogens with zero attached hydrogens (tertiary/aromatic N) is 1. The number of Topliss-reactive ketones (excluding diaryl/α,β-unsaturated/α-hetero) is 1. The van der Waals surface area contributed by atoms with Crippen molar-refractivity contribution < 1.29 is 23.1 Å². The van der Waals surface area contributed by atoms with E-state index >= 15 is 0 Å². The topological polar surface area (TPSA) is 46.6 Å². The highest BCUT2D eigenvalue weighted by Crippen LogP contribution is 2.13. The normalized spacial score (nSPS) is 12.7. The average molecular weight is 249 g/mol. The summed E-state index contributed by atoms with van der Waals surface area (Å²) in [4.78, 5) is 24.4. The van der Waals surface area contributed by atoms with Crippen molar-refractivity contribution in [2.45, 2.75) is 20.3 Å². The van der Waals surface area contributed by atoms with Crippen molar-refractivity contribution in [1.82, 2.24) is 4.90 Å². The predicted octanol–water partition coefficient (Wildman–Crippen LogP) is 1.26. The smallest absolute Gasteiger partial charge is 0.341 e. The Kier molecular flexibility index (Phi) is 6.57. The summed E-state index contributed by atoms with van der Waals surface area (Å²) >= 11 is 0. The van der Waals surface area contributed by atoms with E-state index in [4.69, 9.17) is 0 Å². The van der Waals surface area contributed by atoms with Crippen LogP contribution in [0, 0.1) is 0 Å². The highest BCUT2D eigenvalue weighted by molar-refractivity contribution is 6.19. The first-order valence-electron chi connectivity index (χ1n) is 5.15. The van der Waals surface area contributed by atoms with E-state index in [-0.39, 0.29) is 18.7 Å². The van der Waals surface area contributed by atoms with Crippen molar-refractivity contribution in [2.75, 3.05) is 27.2 Å². The molecule has 0 unspecified atom stereocenters. The Morgan fingerprint density at radius 1 is 1.29 bits per heavy atom. The minimum absolute atomic E-state index is 0.0358. The molecule has 0 spiro atoms. The number of halogens is 2. The van der Waals surface area contributed by atoms with Gasteiger partial charge in [-0.05, 0) is 33.5 Å². The summed E-state index contributed by atoms with van der Waals surface area (Å²) in [5.74, 6) is -2.47. The van der Waals surface area contributed by atoms with Gasteiger partial charge in [-0.15, -0.1) is 0 Å². The largest absolute Gasteiger partial charge is 0.462 e. The van der Waals surface area contributed by atoms with Crippen LogP contribution in [0.25, 0.3) is 0 Å². The number of alkyl halides is 2. The molecule has 0 N–H and O–H groups in total. The average Bonchev–Trinajstić information content (AvgIpc) is 2.16. The Bertz CT molecular complexity index is 325. The molecule has 0 rings (SSSR count). The standard InChI is InChI=1S/C11H17F2NO3/c1-5-17-11(16)8(9(15)10(12)13)7(2)6-14(3)4/h10H,5-6H2,1-4H3/b8-7+. The summed E-state index contributed by atoms with van der Waals surface area (Å²) in [5.41, 5.74) is -0.269. The van der Waals surface area contributed by atoms with Gasteiger partial charge in [0.2, 0.25) is 5.78 Å². The molecule has 0 heterocycles. The van der Waals surface area contributed by atoms with Crippen LogP contribution in [0.4, 0.5) is 8.78 Å². The van der Waals surface area contributed by atoms with Crippen LogP contribution in [0.1, 0.15) is 13.8 Å². The van der Waals surface area contributed by atoms with Gasteiger partial charge in [0.15, 0.2) is 0 Å². The van der Waals surface area contributed by atoms with Gasteiger partial charge in [-0.1, -0.05) is 0 Å². The molecule has 0 fully saturated rings. The van der Waals surface area contributed by atoms with Crippen LogP contribution >= 0.6 is 0 Å². The zero-order valence-electron chi connectivity index (χ0n) is 10.4. The summed E-state index contributed by atoms with van der Waals surface area (Å²) in [6, 6.07) is 0. The van der Waals surface area contributed by atoms with Gasteiger partial charge in [0.25, 0.3) is 0 Å². The SMILES string of the molecule is CCOC(=O)/C(C(=O)C(F)F)=C(\C)CN(C)C. The number of likely N-dealkylation sites (N-methyl/N-ethyl adjacent to an activating group) is 1. The molecule has 0 atom stereocenters. The quantitative estimate of drug-likeness (QED) is 0.308. The number of esters is 1. The van der Waals surface area contributed by atoms with Crippen LogP contribution in [-0.4, -0.2) is 50.3 Å². The molecule has 4 nitrogen and oxygen atoms in total. The van der Waals surface area contributed by atoms with Crippen molar-refractivity contribution in [3.63, 3.8) is 0 Å². The van der Waals surface area contributed by atoms with Gasteiger partial charge in [-0.2, -0.15) is 0 Å². The van der Waals surface area contributed by atoms with E-state index in [1.165, 1.54) is 6.92 Å². The highest BCUT2D eigenvalue weighted by Gasteiger charge is 2.29. The van der Waals surface area contributed by atoms with E-state index in [1.807, 2.05) is 0 Å². The van der Waals surface area contributed by atoms with E-state index in [9.17, 15) is 18.4 Å². The first-order valence-corrected chi connectivity index (χ1v) is 5.15. The number of rotatable bonds is 6. The van der Waals surface area contributed by atoms with Gasteiger partial charge >= 0.3 is 12.4 Å². The van der Waals surface area contributed by atoms with Crippen LogP contribution in [0.3, 0.4) is 0 Å². The lowest BCUT2D eigenvalue weighted by Crippen LogP contribution is -2.26. The lowest BCUT2D eigenvalue weighted by atomic mass is 10.1. The fourth-order valence-electron chi connectivity index (χ4n) is 1.35. The Balaban J connectivity index is 5.23. The molecule has 0 saturated carbocycles. The molecule has 98 valence electrons. The van der Waals surface area contributed by atoms with Crippen LogP contribution in [0.15, 0.2) is 11.1 Å². The van der Waals surface area contributed by atoms with Crippen molar-refractivity contribution >= 4 is 11.8 Å². The molecule has 0 radical (unpaired) electrons. The summed E-state index contributed by atoms with van der Waals surface area (Å²) in [5, 5.41) is 0. The van der Waals surface area contributed by atoms with Crippen LogP contribution in [0.5, 0.6) is 0 Å². The Labute approximate surface area is 99.2 Å². The number of hydrogen-bond acceptors (Lipinski definition) is 4. The van der Waals surface area contributed by atoms with Crippen molar-refractivity contribution in [2.24, 2.45) is 0 Å². The molecule has 0 saturated heterocycles. The molecule has 0 aliphatic rings. The summed E-state index contributed by atoms with van der Waals surface area (Å²) in [7, 11) is 3.41. The zero-order chi connectivity index (χ0) is 13.6. The van der Waals surface area contributed by atoms with Crippen LogP contribution in [0.2, 0.25) is 0 Å². The fourth-order valence-corrected chi connectivity index (χ4v) is 1.35. The lowest BCUT2D eigenvalue weighted by molar-refractivity contribution is -0.141. The number of carbonyl (C=O) groups is 2. The molecule has 0 aliphatic carbocycles. The van der Waals surface area contributed by atoms with E-state index in [1.54, 1.807) is 25.9 Å². The minimum atomic E-state index is -3.20. The van der Waals surface area contributed by atoms with Gasteiger partial charge in [-0.3, -0.25) is 4.79 Å². The van der Waals surface area contributed by atoms with Crippen molar-refractivity contribution in [3.8, 4) is 0 Å². The summed E-state index contributed by atoms with van der Waals surface area (Å²) < 4.78 is 29.4. The summed E-state index contributed by atoms with van der Waals surface area (Å²) in [6.45, 7) is 3.29. The molecule has 0 aromatic heterocycles. The van der Waals surface area contributed by atoms with Crippen molar-refractivity contribution in [3.05, 3.63) is 11.1 Å². The second-order valence-corrected chi connectivity index (χ2v) is 3.78. The maximum absolute atomic E-state index is 12.4. The number of ether oxygens (including phenoxy) is 1. The van der Waals surface area contributed by atoms with E-state index < -0.39 is 23.8 Å². The lowest BCUT2D eigenvalue weighted by Gasteiger charge is -2.14. The molecule has 0 bridgehead atoms. The van der Waals surface area contributed by atoms with E-state index in [0.29, 0.717) is 0 Å². The minimum Gasteiger partial charge on any atom is -0.462 e. The fraction of sp³-hybridized carbons (Fsp3) is 0.636.